The molecule has 258 valence electrons. The van der Waals surface area contributed by atoms with Crippen LogP contribution in [0.25, 0.3) is 0 Å². The van der Waals surface area contributed by atoms with Crippen LogP contribution >= 0.6 is 11.8 Å². The summed E-state index contributed by atoms with van der Waals surface area (Å²) in [6.45, 7) is 8.17. The molecule has 0 aromatic carbocycles. The highest BCUT2D eigenvalue weighted by molar-refractivity contribution is 8.13. The van der Waals surface area contributed by atoms with E-state index >= 15 is 0 Å². The highest BCUT2D eigenvalue weighted by Gasteiger charge is 2.19. The smallest absolute Gasteiger partial charge is 0.307 e. The first-order valence-electron chi connectivity index (χ1n) is 17.3. The van der Waals surface area contributed by atoms with E-state index in [1.807, 2.05) is 21.0 Å². The molecule has 0 aromatic heterocycles. The number of hydrogen-bond acceptors (Lipinski definition) is 9. The van der Waals surface area contributed by atoms with Crippen LogP contribution in [0.5, 0.6) is 0 Å². The van der Waals surface area contributed by atoms with Crippen LogP contribution in [-0.4, -0.2) is 92.3 Å². The van der Waals surface area contributed by atoms with Crippen molar-refractivity contribution in [3.8, 4) is 0 Å². The van der Waals surface area contributed by atoms with Gasteiger partial charge in [-0.3, -0.25) is 19.2 Å². The summed E-state index contributed by atoms with van der Waals surface area (Å²) in [5.74, 6) is -0.711. The Morgan fingerprint density at radius 1 is 0.545 bits per heavy atom. The van der Waals surface area contributed by atoms with E-state index in [-0.39, 0.29) is 50.0 Å². The Bertz CT molecular complexity index is 719. The fraction of sp³-hybridized carbons (Fsp3) is 0.882. The summed E-state index contributed by atoms with van der Waals surface area (Å²) in [7, 11) is 4.01. The van der Waals surface area contributed by atoms with Gasteiger partial charge in [0.25, 0.3) is 5.24 Å². The molecule has 0 bridgehead atoms. The molecular formula is C34H64N2O7S. The molecule has 0 fully saturated rings. The first-order valence-corrected chi connectivity index (χ1v) is 18.2. The molecule has 10 heteroatoms. The van der Waals surface area contributed by atoms with Gasteiger partial charge in [-0.15, -0.1) is 0 Å². The van der Waals surface area contributed by atoms with Crippen molar-refractivity contribution in [3.63, 3.8) is 0 Å². The molecule has 0 heterocycles. The van der Waals surface area contributed by atoms with E-state index in [9.17, 15) is 19.2 Å². The van der Waals surface area contributed by atoms with Crippen LogP contribution < -0.4 is 0 Å². The number of carbonyl (C=O) groups is 4. The fourth-order valence-electron chi connectivity index (χ4n) is 4.51. The zero-order chi connectivity index (χ0) is 32.8. The van der Waals surface area contributed by atoms with Crippen molar-refractivity contribution >= 4 is 34.9 Å². The van der Waals surface area contributed by atoms with Crippen molar-refractivity contribution in [2.45, 2.75) is 130 Å². The third-order valence-corrected chi connectivity index (χ3v) is 8.22. The molecule has 0 aliphatic rings. The summed E-state index contributed by atoms with van der Waals surface area (Å²) in [4.78, 5) is 53.7. The van der Waals surface area contributed by atoms with Crippen LogP contribution in [-0.2, 0) is 28.6 Å². The van der Waals surface area contributed by atoms with Crippen molar-refractivity contribution < 1.29 is 33.4 Å². The van der Waals surface area contributed by atoms with Crippen LogP contribution in [0, 0.1) is 5.92 Å². The Labute approximate surface area is 272 Å². The number of unbranched alkanes of at least 4 members (excludes halogenated alkanes) is 10. The van der Waals surface area contributed by atoms with Gasteiger partial charge in [0.05, 0.1) is 12.3 Å². The van der Waals surface area contributed by atoms with E-state index in [4.69, 9.17) is 14.2 Å². The highest BCUT2D eigenvalue weighted by atomic mass is 32.2. The van der Waals surface area contributed by atoms with Gasteiger partial charge in [-0.1, -0.05) is 96.7 Å². The standard InChI is InChI=1S/C34H64N2O7S/c1-6-9-11-13-15-17-20-31(37)41-27-30(28-42-32(38)21-18-16-14-12-10-7-2)29-43-33(39)22-25-36(23-8-3)34(40)44-26-19-24-35(4)5/h30H,6-29H2,1-5H3. The largest absolute Gasteiger partial charge is 0.465 e. The van der Waals surface area contributed by atoms with Crippen LogP contribution in [0.3, 0.4) is 0 Å². The maximum Gasteiger partial charge on any atom is 0.307 e. The van der Waals surface area contributed by atoms with E-state index in [2.05, 4.69) is 18.7 Å². The molecule has 0 aliphatic carbocycles. The van der Waals surface area contributed by atoms with Gasteiger partial charge in [-0.2, -0.15) is 0 Å². The molecular weight excluding hydrogens is 580 g/mol. The van der Waals surface area contributed by atoms with Crippen LogP contribution in [0.2, 0.25) is 0 Å². The topological polar surface area (TPSA) is 102 Å². The molecule has 0 spiro atoms. The predicted octanol–water partition coefficient (Wildman–Crippen LogP) is 7.64. The van der Waals surface area contributed by atoms with Gasteiger partial charge in [-0.05, 0) is 46.3 Å². The van der Waals surface area contributed by atoms with Crippen molar-refractivity contribution in [1.82, 2.24) is 9.80 Å². The van der Waals surface area contributed by atoms with Gasteiger partial charge in [0.2, 0.25) is 0 Å². The summed E-state index contributed by atoms with van der Waals surface area (Å²) >= 11 is 1.29. The molecule has 0 rings (SSSR count). The molecule has 0 N–H and O–H groups in total. The first-order chi connectivity index (χ1) is 21.2. The summed E-state index contributed by atoms with van der Waals surface area (Å²) in [5.41, 5.74) is 0. The third kappa shape index (κ3) is 26.6. The number of esters is 3. The molecule has 0 saturated carbocycles. The highest BCUT2D eigenvalue weighted by Crippen LogP contribution is 2.13. The van der Waals surface area contributed by atoms with Gasteiger partial charge in [0.15, 0.2) is 0 Å². The van der Waals surface area contributed by atoms with Crippen LogP contribution in [0.1, 0.15) is 130 Å². The van der Waals surface area contributed by atoms with E-state index < -0.39 is 11.9 Å². The number of rotatable bonds is 29. The molecule has 0 aromatic rings. The van der Waals surface area contributed by atoms with E-state index in [1.54, 1.807) is 4.90 Å². The summed E-state index contributed by atoms with van der Waals surface area (Å²) in [6, 6.07) is 0. The second-order valence-corrected chi connectivity index (χ2v) is 13.0. The molecule has 0 radical (unpaired) electrons. The fourth-order valence-corrected chi connectivity index (χ4v) is 5.33. The number of hydrogen-bond donors (Lipinski definition) is 0. The average molecular weight is 645 g/mol. The molecule has 0 unspecified atom stereocenters. The average Bonchev–Trinajstić information content (AvgIpc) is 3.00. The number of carbonyl (C=O) groups excluding carboxylic acids is 4. The van der Waals surface area contributed by atoms with Gasteiger partial charge < -0.3 is 24.0 Å². The normalized spacial score (nSPS) is 11.2. The molecule has 44 heavy (non-hydrogen) atoms. The maximum atomic E-state index is 12.7. The van der Waals surface area contributed by atoms with Gasteiger partial charge in [0, 0.05) is 31.7 Å². The van der Waals surface area contributed by atoms with Gasteiger partial charge in [0.1, 0.15) is 19.8 Å². The Kier molecular flexibility index (Phi) is 28.6. The minimum Gasteiger partial charge on any atom is -0.465 e. The van der Waals surface area contributed by atoms with E-state index in [1.165, 1.54) is 50.3 Å². The summed E-state index contributed by atoms with van der Waals surface area (Å²) < 4.78 is 16.5. The lowest BCUT2D eigenvalue weighted by Gasteiger charge is -2.22. The van der Waals surface area contributed by atoms with Gasteiger partial charge >= 0.3 is 17.9 Å². The maximum absolute atomic E-state index is 12.7. The SMILES string of the molecule is CCCCCCCCC(=O)OCC(COC(=O)CCCCCCCC)COC(=O)CCN(CCC)C(=O)SCCCN(C)C. The molecule has 0 saturated heterocycles. The Hall–Kier alpha value is -1.81. The Morgan fingerprint density at radius 2 is 1.00 bits per heavy atom. The number of nitrogens with zero attached hydrogens (tertiary/aromatic N) is 2. The van der Waals surface area contributed by atoms with Crippen molar-refractivity contribution in [3.05, 3.63) is 0 Å². The van der Waals surface area contributed by atoms with Crippen LogP contribution in [0.4, 0.5) is 4.79 Å². The lowest BCUT2D eigenvalue weighted by Crippen LogP contribution is -2.32. The zero-order valence-electron chi connectivity index (χ0n) is 28.7. The van der Waals surface area contributed by atoms with Crippen LogP contribution in [0.15, 0.2) is 0 Å². The summed E-state index contributed by atoms with van der Waals surface area (Å²) in [6.07, 6.45) is 15.5. The number of amides is 1. The summed E-state index contributed by atoms with van der Waals surface area (Å²) in [5, 5.41) is -0.0224. The lowest BCUT2D eigenvalue weighted by atomic mass is 10.1. The van der Waals surface area contributed by atoms with Crippen molar-refractivity contribution in [1.29, 1.82) is 0 Å². The predicted molar refractivity (Wildman–Crippen MR) is 180 cm³/mol. The minimum absolute atomic E-state index is 0.0194. The molecule has 9 nitrogen and oxygen atoms in total. The number of thioether (sulfide) groups is 1. The quantitative estimate of drug-likeness (QED) is 0.0462. The molecule has 1 amide bonds. The van der Waals surface area contributed by atoms with E-state index in [0.29, 0.717) is 19.4 Å². The number of ether oxygens (including phenoxy) is 3. The zero-order valence-corrected chi connectivity index (χ0v) is 29.5. The lowest BCUT2D eigenvalue weighted by molar-refractivity contribution is -0.153. The Morgan fingerprint density at radius 3 is 1.45 bits per heavy atom. The van der Waals surface area contributed by atoms with Gasteiger partial charge in [-0.25, -0.2) is 0 Å². The second kappa shape index (κ2) is 29.9. The minimum atomic E-state index is -0.443. The second-order valence-electron chi connectivity index (χ2n) is 12.0. The first kappa shape index (κ1) is 42.2. The van der Waals surface area contributed by atoms with Crippen molar-refractivity contribution in [2.24, 2.45) is 5.92 Å². The third-order valence-electron chi connectivity index (χ3n) is 7.22. The van der Waals surface area contributed by atoms with E-state index in [0.717, 1.165) is 63.7 Å². The monoisotopic (exact) mass is 644 g/mol. The Balaban J connectivity index is 4.73. The molecule has 0 aliphatic heterocycles. The molecule has 0 atom stereocenters. The van der Waals surface area contributed by atoms with Crippen molar-refractivity contribution in [2.75, 3.05) is 59.3 Å².